The molecule has 0 amide bonds. The van der Waals surface area contributed by atoms with Crippen LogP contribution in [0.4, 0.5) is 70.2 Å². The number of alkyl halides is 16. The van der Waals surface area contributed by atoms with Gasteiger partial charge in [0.2, 0.25) is 0 Å². The molecule has 0 saturated heterocycles. The summed E-state index contributed by atoms with van der Waals surface area (Å²) in [6, 6.07) is 0. The minimum Gasteiger partial charge on any atom is -0.244 e. The lowest BCUT2D eigenvalue weighted by Crippen LogP contribution is -2.56. The molecule has 6 aliphatic carbocycles. The van der Waals surface area contributed by atoms with E-state index in [1.165, 1.54) is 26.7 Å². The van der Waals surface area contributed by atoms with Gasteiger partial charge in [-0.1, -0.05) is 250 Å². The van der Waals surface area contributed by atoms with Crippen molar-refractivity contribution >= 4 is 0 Å². The first-order valence-electron chi connectivity index (χ1n) is 39.1. The van der Waals surface area contributed by atoms with Crippen molar-refractivity contribution < 1.29 is 90.8 Å². The normalized spacial score (nSPS) is 32.1. The molecule has 6 atom stereocenters. The molecule has 0 aromatic rings. The molecule has 0 heterocycles. The molecule has 6 saturated carbocycles. The summed E-state index contributed by atoms with van der Waals surface area (Å²) in [5, 5.41) is 0. The molecule has 0 radical (unpaired) electrons. The topological polar surface area (TPSA) is 0 Å². The Balaban J connectivity index is -0.000000250. The summed E-state index contributed by atoms with van der Waals surface area (Å²) < 4.78 is 300. The average Bonchev–Trinajstić information content (AvgIpc) is 1.52. The van der Waals surface area contributed by atoms with Crippen molar-refractivity contribution in [1.82, 2.24) is 0 Å². The second-order valence-corrected chi connectivity index (χ2v) is 27.1. The van der Waals surface area contributed by atoms with Crippen LogP contribution in [0.15, 0.2) is 0 Å². The molecule has 0 nitrogen and oxygen atoms in total. The molecule has 0 aromatic heterocycles. The SMILES string of the molecule is CC1CCC(C)(C(F)(F)F)CC1.CC1CCC(C)(F)CC1.CC1[C@H]2CC[C@@H]1C2(C)C(F)(F)F.[2H]C([2H])(C)C(C)(C)C.[2H]C([2H])(C)C(C)(C)C(F)(F)F.[2H]C([2H])(C)C(C)C.[2H]C([2H])(C)C(C)C(F)(F)F.[2H]C([2H])(C)CC.[2H]C([2H])(C)CC(C)C(F)(F)F.[2H]C([2H])(C)CCC.[2H]C1(C)CCC(C)CC1. The lowest BCUT2D eigenvalue weighted by molar-refractivity contribution is -0.291. The van der Waals surface area contributed by atoms with Gasteiger partial charge in [0, 0.05) is 20.6 Å². The lowest BCUT2D eigenvalue weighted by atomic mass is 9.53. The van der Waals surface area contributed by atoms with Crippen LogP contribution in [-0.4, -0.2) is 36.6 Å². The highest BCUT2D eigenvalue weighted by molar-refractivity contribution is 5.12. The fourth-order valence-electron chi connectivity index (χ4n) is 8.71. The van der Waals surface area contributed by atoms with Crippen LogP contribution in [0.2, 0.25) is 0 Å². The summed E-state index contributed by atoms with van der Waals surface area (Å²) in [5.74, 6) is -1.21. The molecule has 6 aliphatic rings. The zero-order valence-electron chi connectivity index (χ0n) is 74.0. The van der Waals surface area contributed by atoms with Gasteiger partial charge in [-0.05, 0) is 143 Å². The lowest BCUT2D eigenvalue weighted by Gasteiger charge is -2.53. The van der Waals surface area contributed by atoms with Gasteiger partial charge in [-0.2, -0.15) is 65.9 Å². The van der Waals surface area contributed by atoms with Crippen LogP contribution < -0.4 is 0 Å². The van der Waals surface area contributed by atoms with Gasteiger partial charge in [-0.25, -0.2) is 4.39 Å². The molecule has 16 heteroatoms. The predicted molar refractivity (Wildman–Crippen MR) is 342 cm³/mol. The third-order valence-corrected chi connectivity index (χ3v) is 17.2. The van der Waals surface area contributed by atoms with E-state index in [2.05, 4.69) is 20.8 Å². The zero-order chi connectivity index (χ0) is 83.9. The Bertz CT molecular complexity index is 2090. The van der Waals surface area contributed by atoms with Crippen LogP contribution in [0.5, 0.6) is 0 Å². The van der Waals surface area contributed by atoms with Gasteiger partial charge >= 0.3 is 30.9 Å². The van der Waals surface area contributed by atoms with E-state index >= 15 is 0 Å². The molecular formula is C71H138F16. The largest absolute Gasteiger partial charge is 0.394 e. The zero-order valence-corrected chi connectivity index (χ0v) is 59.0. The summed E-state index contributed by atoms with van der Waals surface area (Å²) in [6.45, 7) is 41.2. The van der Waals surface area contributed by atoms with Crippen molar-refractivity contribution in [1.29, 1.82) is 0 Å². The maximum atomic E-state index is 13.0. The van der Waals surface area contributed by atoms with Gasteiger partial charge in [0.15, 0.2) is 0 Å². The number of fused-ring (bicyclic) bond motifs is 1. The van der Waals surface area contributed by atoms with Gasteiger partial charge in [0.1, 0.15) is 5.67 Å². The van der Waals surface area contributed by atoms with Crippen LogP contribution in [0.1, 0.15) is 361 Å². The predicted octanol–water partition coefficient (Wildman–Crippen LogP) is 29.8. The van der Waals surface area contributed by atoms with E-state index in [1.807, 2.05) is 62.3 Å². The smallest absolute Gasteiger partial charge is 0.244 e. The first-order chi connectivity index (χ1) is 44.0. The third-order valence-electron chi connectivity index (χ3n) is 17.2. The first-order valence-corrected chi connectivity index (χ1v) is 31.6. The van der Waals surface area contributed by atoms with E-state index in [-0.39, 0.29) is 29.1 Å². The maximum Gasteiger partial charge on any atom is 0.394 e. The van der Waals surface area contributed by atoms with Crippen LogP contribution in [-0.2, 0) is 0 Å². The highest BCUT2D eigenvalue weighted by atomic mass is 19.4. The first kappa shape index (κ1) is 68.7. The van der Waals surface area contributed by atoms with Crippen molar-refractivity contribution in [3.05, 3.63) is 0 Å². The molecule has 4 unspecified atom stereocenters. The Hall–Kier alpha value is -1.12. The summed E-state index contributed by atoms with van der Waals surface area (Å²) >= 11 is 0. The second kappa shape index (κ2) is 46.0. The quantitative estimate of drug-likeness (QED) is 0.213. The number of halogens is 16. The Kier molecular flexibility index (Phi) is 36.4. The van der Waals surface area contributed by atoms with E-state index in [9.17, 15) is 70.2 Å². The van der Waals surface area contributed by atoms with Crippen molar-refractivity contribution in [2.45, 2.75) is 377 Å². The van der Waals surface area contributed by atoms with Crippen molar-refractivity contribution in [3.8, 4) is 0 Å². The second-order valence-electron chi connectivity index (χ2n) is 27.1. The summed E-state index contributed by atoms with van der Waals surface area (Å²) in [7, 11) is 0. The fraction of sp³-hybridized carbons (Fsp3) is 1.00. The van der Waals surface area contributed by atoms with Crippen molar-refractivity contribution in [2.24, 2.45) is 80.8 Å². The Morgan fingerprint density at radius 1 is 0.460 bits per heavy atom. The monoisotopic (exact) mass is 1310 g/mol. The van der Waals surface area contributed by atoms with E-state index < -0.39 is 116 Å². The van der Waals surface area contributed by atoms with Gasteiger partial charge in [0.25, 0.3) is 0 Å². The van der Waals surface area contributed by atoms with Crippen LogP contribution in [0, 0.1) is 80.8 Å². The molecule has 2 bridgehead atoms. The van der Waals surface area contributed by atoms with Crippen LogP contribution in [0.25, 0.3) is 0 Å². The molecule has 87 heavy (non-hydrogen) atoms. The highest BCUT2D eigenvalue weighted by Crippen LogP contribution is 2.71. The molecule has 0 spiro atoms. The molecule has 6 fully saturated rings. The highest BCUT2D eigenvalue weighted by Gasteiger charge is 2.72. The molecule has 6 rings (SSSR count). The van der Waals surface area contributed by atoms with Crippen molar-refractivity contribution in [3.63, 3.8) is 0 Å². The number of rotatable bonds is 8. The molecule has 0 aromatic carbocycles. The number of hydrogen-bond donors (Lipinski definition) is 0. The fourth-order valence-corrected chi connectivity index (χ4v) is 8.71. The average molecular weight is 1310 g/mol. The van der Waals surface area contributed by atoms with Crippen LogP contribution in [0.3, 0.4) is 0 Å². The summed E-state index contributed by atoms with van der Waals surface area (Å²) in [6.07, 6.45) is -17.6. The summed E-state index contributed by atoms with van der Waals surface area (Å²) in [4.78, 5) is 0. The summed E-state index contributed by atoms with van der Waals surface area (Å²) in [5.41, 5.74) is -6.11. The maximum absolute atomic E-state index is 13.0. The number of hydrogen-bond acceptors (Lipinski definition) is 0. The molecule has 0 N–H and O–H groups in total. The molecule has 534 valence electrons. The van der Waals surface area contributed by atoms with Gasteiger partial charge < -0.3 is 0 Å². The Labute approximate surface area is 547 Å². The van der Waals surface area contributed by atoms with Gasteiger partial charge in [-0.3, -0.25) is 0 Å². The van der Waals surface area contributed by atoms with Gasteiger partial charge in [-0.15, -0.1) is 0 Å². The minimum atomic E-state index is -4.49. The Morgan fingerprint density at radius 3 is 0.943 bits per heavy atom. The van der Waals surface area contributed by atoms with E-state index in [0.717, 1.165) is 131 Å². The molecule has 0 aliphatic heterocycles. The Morgan fingerprint density at radius 2 is 0.805 bits per heavy atom. The van der Waals surface area contributed by atoms with Crippen LogP contribution >= 0.6 is 0 Å². The standard InChI is InChI=1S/C9H13F3.C9H15F3.C8H15F.C8H16.2C6H11F3.C6H14.C5H9F3.2C5H12.C4H10/c1-5-6-3-4-7(5)8(6,2)9(10,11)12;1-7-3-5-8(2,6-4-7)9(10,11)12;1-7-3-5-8(2,9)6-4-7;1-7-3-5-8(2)6-4-7;1-4-5(2,3)6(7,8)9;1-3-4-5(2)6(7,8)9;1-5-6(2,3)4;1-3-4(2)5(6,7)8;1-4-5(2)3;1-3-5-4-2;1-3-4-2/h5-7H,3-4H2,1-2H3;7H,3-6H2,1-2H3;7H,3-6H2,1-2H3;7-8H,3-6H2,1-2H3;4H2,1-3H3;5H,3-4H2,1-2H3;5H2,1-4H3;4H,3H2,1-2H3;5H,4H2,1-3H3;3-5H2,1-2H3;3-4H2,1-2H3/t5?,6-,7+,8?;;;;;;;;;;/i;;;7D;4D2;3D2;5D2;3D2;4D2;2*3D2. The third kappa shape index (κ3) is 45.8. The van der Waals surface area contributed by atoms with E-state index in [4.69, 9.17) is 20.6 Å². The molecular weight excluding hydrogens is 1160 g/mol. The van der Waals surface area contributed by atoms with Crippen molar-refractivity contribution in [2.75, 3.05) is 0 Å². The minimum absolute atomic E-state index is 0.0908. The van der Waals surface area contributed by atoms with Gasteiger partial charge in [0.05, 0.1) is 28.1 Å². The van der Waals surface area contributed by atoms with E-state index in [1.54, 1.807) is 34.6 Å². The van der Waals surface area contributed by atoms with E-state index in [0.29, 0.717) is 37.5 Å².